The lowest BCUT2D eigenvalue weighted by Gasteiger charge is -2.15. The molecule has 128 valence electrons. The molecule has 4 aromatic rings. The molecule has 3 aromatic heterocycles. The van der Waals surface area contributed by atoms with Crippen molar-refractivity contribution in [1.82, 2.24) is 25.3 Å². The van der Waals surface area contributed by atoms with Crippen molar-refractivity contribution in [2.45, 2.75) is 27.2 Å². The van der Waals surface area contributed by atoms with E-state index >= 15 is 0 Å². The molecule has 0 spiro atoms. The van der Waals surface area contributed by atoms with E-state index < -0.39 is 0 Å². The van der Waals surface area contributed by atoms with Gasteiger partial charge < -0.3 is 9.84 Å². The van der Waals surface area contributed by atoms with Crippen LogP contribution in [0.2, 0.25) is 0 Å². The van der Waals surface area contributed by atoms with E-state index in [0.717, 1.165) is 0 Å². The van der Waals surface area contributed by atoms with Crippen molar-refractivity contribution in [2.24, 2.45) is 5.41 Å². The smallest absolute Gasteiger partial charge is 0.180 e. The molecule has 0 amide bonds. The van der Waals surface area contributed by atoms with Gasteiger partial charge in [0.2, 0.25) is 0 Å². The molecule has 0 aliphatic rings. The third-order valence-electron chi connectivity index (χ3n) is 3.75. The van der Waals surface area contributed by atoms with E-state index in [4.69, 9.17) is 4.52 Å². The van der Waals surface area contributed by atoms with Gasteiger partial charge in [0.25, 0.3) is 0 Å². The summed E-state index contributed by atoms with van der Waals surface area (Å²) in [6.07, 6.45) is 3.77. The Kier molecular flexibility index (Phi) is 3.41. The zero-order valence-electron chi connectivity index (χ0n) is 14.1. The Labute approximate surface area is 142 Å². The number of nitrogens with one attached hydrogen (secondary N) is 2. The molecular weight excluding hydrogens is 323 g/mol. The fourth-order valence-corrected chi connectivity index (χ4v) is 2.76. The molecule has 3 heterocycles. The van der Waals surface area contributed by atoms with E-state index in [1.165, 1.54) is 6.07 Å². The second kappa shape index (κ2) is 5.51. The van der Waals surface area contributed by atoms with Crippen LogP contribution in [0.4, 0.5) is 15.9 Å². The lowest BCUT2D eigenvalue weighted by molar-refractivity contribution is 0.382. The first-order valence-corrected chi connectivity index (χ1v) is 7.91. The summed E-state index contributed by atoms with van der Waals surface area (Å²) in [6.45, 7) is 6.22. The Morgan fingerprint density at radius 3 is 2.80 bits per heavy atom. The largest absolute Gasteiger partial charge is 0.356 e. The fourth-order valence-electron chi connectivity index (χ4n) is 2.76. The van der Waals surface area contributed by atoms with Crippen LogP contribution >= 0.6 is 0 Å². The van der Waals surface area contributed by atoms with Gasteiger partial charge in [-0.2, -0.15) is 5.10 Å². The maximum atomic E-state index is 14.7. The third-order valence-corrected chi connectivity index (χ3v) is 3.75. The molecule has 1 aromatic carbocycles. The molecule has 0 radical (unpaired) electrons. The molecule has 0 unspecified atom stereocenters. The minimum Gasteiger partial charge on any atom is -0.356 e. The number of H-pyrrole nitrogens is 1. The summed E-state index contributed by atoms with van der Waals surface area (Å²) in [6, 6.07) is 3.11. The number of hydrogen-bond acceptors (Lipinski definition) is 6. The van der Waals surface area contributed by atoms with Crippen LogP contribution in [-0.2, 0) is 6.42 Å². The molecule has 0 fully saturated rings. The molecule has 2 N–H and O–H groups in total. The number of benzene rings is 1. The van der Waals surface area contributed by atoms with Crippen molar-refractivity contribution < 1.29 is 8.91 Å². The van der Waals surface area contributed by atoms with Gasteiger partial charge in [0.1, 0.15) is 5.82 Å². The summed E-state index contributed by atoms with van der Waals surface area (Å²) in [7, 11) is 0. The van der Waals surface area contributed by atoms with Gasteiger partial charge in [0.05, 0.1) is 11.1 Å². The quantitative estimate of drug-likeness (QED) is 0.586. The predicted molar refractivity (Wildman–Crippen MR) is 92.1 cm³/mol. The second-order valence-corrected chi connectivity index (χ2v) is 7.15. The Balaban J connectivity index is 1.72. The third kappa shape index (κ3) is 2.90. The van der Waals surface area contributed by atoms with Crippen molar-refractivity contribution in [3.8, 4) is 0 Å². The SMILES string of the molecule is CC(C)(C)Cc1noc2cc(Nc3n[nH]c4nccnc34)cc(F)c12. The molecule has 0 aliphatic carbocycles. The van der Waals surface area contributed by atoms with Crippen LogP contribution in [0, 0.1) is 11.2 Å². The summed E-state index contributed by atoms with van der Waals surface area (Å²) in [5.41, 5.74) is 2.64. The van der Waals surface area contributed by atoms with Crippen LogP contribution in [0.15, 0.2) is 29.0 Å². The first-order chi connectivity index (χ1) is 11.9. The summed E-state index contributed by atoms with van der Waals surface area (Å²) < 4.78 is 20.0. The van der Waals surface area contributed by atoms with E-state index in [-0.39, 0.29) is 11.2 Å². The summed E-state index contributed by atoms with van der Waals surface area (Å²) in [5.74, 6) is 0.0858. The molecule has 8 heteroatoms. The molecule has 25 heavy (non-hydrogen) atoms. The van der Waals surface area contributed by atoms with Gasteiger partial charge in [-0.25, -0.2) is 14.4 Å². The number of hydrogen-bond donors (Lipinski definition) is 2. The van der Waals surface area contributed by atoms with Crippen molar-refractivity contribution in [2.75, 3.05) is 5.32 Å². The number of aromatic amines is 1. The summed E-state index contributed by atoms with van der Waals surface area (Å²) >= 11 is 0. The van der Waals surface area contributed by atoms with Crippen LogP contribution in [0.25, 0.3) is 22.1 Å². The van der Waals surface area contributed by atoms with E-state index in [1.54, 1.807) is 18.5 Å². The molecule has 0 aliphatic heterocycles. The standard InChI is InChI=1S/C17H17FN6O/c1-17(2,3)8-11-13-10(18)6-9(7-12(13)25-24-11)21-16-14-15(22-23-16)20-5-4-19-14/h4-7H,8H2,1-3H3,(H2,20,21,22,23). The Morgan fingerprint density at radius 1 is 1.20 bits per heavy atom. The van der Waals surface area contributed by atoms with Gasteiger partial charge in [0.15, 0.2) is 22.6 Å². The molecule has 7 nitrogen and oxygen atoms in total. The number of rotatable bonds is 3. The lowest BCUT2D eigenvalue weighted by Crippen LogP contribution is -2.09. The molecule has 0 bridgehead atoms. The highest BCUT2D eigenvalue weighted by Gasteiger charge is 2.20. The van der Waals surface area contributed by atoms with Gasteiger partial charge >= 0.3 is 0 Å². The molecule has 0 saturated heterocycles. The number of anilines is 2. The molecule has 4 rings (SSSR count). The zero-order chi connectivity index (χ0) is 17.6. The molecular formula is C17H17FN6O. The first kappa shape index (κ1) is 15.5. The normalized spacial score (nSPS) is 12.2. The minimum atomic E-state index is -0.383. The van der Waals surface area contributed by atoms with Gasteiger partial charge in [-0.15, -0.1) is 0 Å². The van der Waals surface area contributed by atoms with Crippen molar-refractivity contribution in [3.63, 3.8) is 0 Å². The number of nitrogens with zero attached hydrogens (tertiary/aromatic N) is 4. The summed E-state index contributed by atoms with van der Waals surface area (Å²) in [5, 5.41) is 14.4. The first-order valence-electron chi connectivity index (χ1n) is 7.91. The molecule has 0 saturated carbocycles. The maximum Gasteiger partial charge on any atom is 0.180 e. The van der Waals surface area contributed by atoms with Gasteiger partial charge in [-0.3, -0.25) is 5.10 Å². The van der Waals surface area contributed by atoms with Crippen molar-refractivity contribution in [1.29, 1.82) is 0 Å². The maximum absolute atomic E-state index is 14.7. The van der Waals surface area contributed by atoms with E-state index in [0.29, 0.717) is 45.8 Å². The monoisotopic (exact) mass is 340 g/mol. The number of fused-ring (bicyclic) bond motifs is 2. The predicted octanol–water partition coefficient (Wildman–Crippen LogP) is 3.97. The average molecular weight is 340 g/mol. The lowest BCUT2D eigenvalue weighted by atomic mass is 9.89. The number of halogens is 1. The van der Waals surface area contributed by atoms with Gasteiger partial charge in [0, 0.05) is 24.1 Å². The van der Waals surface area contributed by atoms with Crippen LogP contribution in [-0.4, -0.2) is 25.3 Å². The average Bonchev–Trinajstić information content (AvgIpc) is 3.11. The minimum absolute atomic E-state index is 0.0141. The van der Waals surface area contributed by atoms with Crippen molar-refractivity contribution >= 4 is 33.6 Å². The van der Waals surface area contributed by atoms with Gasteiger partial charge in [-0.1, -0.05) is 25.9 Å². The van der Waals surface area contributed by atoms with Crippen LogP contribution < -0.4 is 5.32 Å². The van der Waals surface area contributed by atoms with Crippen molar-refractivity contribution in [3.05, 3.63) is 36.0 Å². The molecule has 0 atom stereocenters. The highest BCUT2D eigenvalue weighted by atomic mass is 19.1. The van der Waals surface area contributed by atoms with Crippen LogP contribution in [0.1, 0.15) is 26.5 Å². The zero-order valence-corrected chi connectivity index (χ0v) is 14.1. The van der Waals surface area contributed by atoms with Gasteiger partial charge in [-0.05, 0) is 17.9 Å². The van der Waals surface area contributed by atoms with E-state index in [2.05, 4.69) is 51.4 Å². The van der Waals surface area contributed by atoms with Crippen LogP contribution in [0.3, 0.4) is 0 Å². The van der Waals surface area contributed by atoms with Crippen LogP contribution in [0.5, 0.6) is 0 Å². The second-order valence-electron chi connectivity index (χ2n) is 7.15. The van der Waals surface area contributed by atoms with E-state index in [9.17, 15) is 4.39 Å². The fraction of sp³-hybridized carbons (Fsp3) is 0.294. The highest BCUT2D eigenvalue weighted by molar-refractivity contribution is 5.88. The topological polar surface area (TPSA) is 92.5 Å². The Morgan fingerprint density at radius 2 is 2.00 bits per heavy atom. The number of aromatic nitrogens is 5. The Hall–Kier alpha value is -3.03. The van der Waals surface area contributed by atoms with E-state index in [1.807, 2.05) is 0 Å². The summed E-state index contributed by atoms with van der Waals surface area (Å²) in [4.78, 5) is 8.34. The Bertz CT molecular complexity index is 1060. The highest BCUT2D eigenvalue weighted by Crippen LogP contribution is 2.31.